The van der Waals surface area contributed by atoms with E-state index < -0.39 is 0 Å². The predicted octanol–water partition coefficient (Wildman–Crippen LogP) is 1.78. The molecule has 1 amide bonds. The van der Waals surface area contributed by atoms with Crippen molar-refractivity contribution in [2.24, 2.45) is 0 Å². The lowest BCUT2D eigenvalue weighted by molar-refractivity contribution is 0.102. The number of amides is 1. The van der Waals surface area contributed by atoms with E-state index in [1.54, 1.807) is 24.4 Å². The van der Waals surface area contributed by atoms with Gasteiger partial charge in [0.05, 0.1) is 5.56 Å². The molecule has 0 saturated heterocycles. The third kappa shape index (κ3) is 2.52. The molecule has 0 aromatic carbocycles. The summed E-state index contributed by atoms with van der Waals surface area (Å²) in [6.07, 6.45) is 4.53. The fourth-order valence-electron chi connectivity index (χ4n) is 1.09. The summed E-state index contributed by atoms with van der Waals surface area (Å²) < 4.78 is 0. The smallest absolute Gasteiger partial charge is 0.258 e. The fraction of sp³-hybridized carbons (Fsp3) is 0. The van der Waals surface area contributed by atoms with Crippen LogP contribution < -0.4 is 5.32 Å². The first-order valence-electron chi connectivity index (χ1n) is 4.45. The topological polar surface area (TPSA) is 67.8 Å². The summed E-state index contributed by atoms with van der Waals surface area (Å²) in [5.74, 6) is 0.0664. The third-order valence-corrected chi connectivity index (χ3v) is 1.97. The lowest BCUT2D eigenvalue weighted by atomic mass is 10.3. The molecular weight excluding hydrogens is 228 g/mol. The molecule has 0 saturated carbocycles. The molecule has 5 nitrogen and oxygen atoms in total. The summed E-state index contributed by atoms with van der Waals surface area (Å²) in [4.78, 5) is 23.1. The summed E-state index contributed by atoms with van der Waals surface area (Å²) >= 11 is 5.59. The Morgan fingerprint density at radius 2 is 2.19 bits per heavy atom. The first-order valence-corrected chi connectivity index (χ1v) is 4.83. The van der Waals surface area contributed by atoms with Crippen LogP contribution in [-0.2, 0) is 0 Å². The van der Waals surface area contributed by atoms with E-state index in [0.29, 0.717) is 11.4 Å². The van der Waals surface area contributed by atoms with E-state index in [2.05, 4.69) is 20.3 Å². The van der Waals surface area contributed by atoms with E-state index in [1.807, 2.05) is 0 Å². The Balaban J connectivity index is 2.14. The summed E-state index contributed by atoms with van der Waals surface area (Å²) in [6.45, 7) is 0. The third-order valence-electron chi connectivity index (χ3n) is 1.79. The van der Waals surface area contributed by atoms with Gasteiger partial charge in [0.1, 0.15) is 5.82 Å². The minimum atomic E-state index is -0.289. The van der Waals surface area contributed by atoms with Crippen molar-refractivity contribution in [3.05, 3.63) is 47.6 Å². The van der Waals surface area contributed by atoms with E-state index >= 15 is 0 Å². The van der Waals surface area contributed by atoms with Crippen LogP contribution in [0.25, 0.3) is 0 Å². The molecular formula is C10H7ClN4O. The quantitative estimate of drug-likeness (QED) is 0.805. The standard InChI is InChI=1S/C10H7ClN4O/c11-10-13-5-3-8(15-10)14-9(16)7-2-1-4-12-6-7/h1-6H,(H,13,14,15,16). The Labute approximate surface area is 96.5 Å². The van der Waals surface area contributed by atoms with Gasteiger partial charge >= 0.3 is 0 Å². The normalized spacial score (nSPS) is 9.81. The second-order valence-corrected chi connectivity index (χ2v) is 3.24. The Hall–Kier alpha value is -2.01. The molecule has 2 aromatic heterocycles. The molecule has 0 bridgehead atoms. The van der Waals surface area contributed by atoms with Crippen LogP contribution in [0.5, 0.6) is 0 Å². The molecule has 0 atom stereocenters. The summed E-state index contributed by atoms with van der Waals surface area (Å²) in [5.41, 5.74) is 0.456. The molecule has 0 fully saturated rings. The van der Waals surface area contributed by atoms with Crippen molar-refractivity contribution in [2.45, 2.75) is 0 Å². The number of anilines is 1. The summed E-state index contributed by atoms with van der Waals surface area (Å²) in [7, 11) is 0. The molecule has 0 aliphatic carbocycles. The Kier molecular flexibility index (Phi) is 3.07. The van der Waals surface area contributed by atoms with Gasteiger partial charge in [-0.2, -0.15) is 0 Å². The van der Waals surface area contributed by atoms with Crippen molar-refractivity contribution < 1.29 is 4.79 Å². The van der Waals surface area contributed by atoms with Gasteiger partial charge in [-0.05, 0) is 29.8 Å². The van der Waals surface area contributed by atoms with Gasteiger partial charge in [-0.25, -0.2) is 9.97 Å². The van der Waals surface area contributed by atoms with E-state index in [1.165, 1.54) is 12.4 Å². The van der Waals surface area contributed by atoms with Crippen molar-refractivity contribution in [2.75, 3.05) is 5.32 Å². The maximum absolute atomic E-state index is 11.7. The highest BCUT2D eigenvalue weighted by Crippen LogP contribution is 2.07. The van der Waals surface area contributed by atoms with Crippen molar-refractivity contribution >= 4 is 23.3 Å². The maximum Gasteiger partial charge on any atom is 0.258 e. The second-order valence-electron chi connectivity index (χ2n) is 2.91. The highest BCUT2D eigenvalue weighted by Gasteiger charge is 2.06. The van der Waals surface area contributed by atoms with E-state index in [9.17, 15) is 4.79 Å². The maximum atomic E-state index is 11.7. The van der Waals surface area contributed by atoms with Gasteiger partial charge in [-0.1, -0.05) is 0 Å². The predicted molar refractivity (Wildman–Crippen MR) is 59.2 cm³/mol. The van der Waals surface area contributed by atoms with Crippen molar-refractivity contribution in [1.82, 2.24) is 15.0 Å². The molecule has 0 spiro atoms. The number of nitrogens with zero attached hydrogens (tertiary/aromatic N) is 3. The SMILES string of the molecule is O=C(Nc1ccnc(Cl)n1)c1cccnc1. The van der Waals surface area contributed by atoms with E-state index in [4.69, 9.17) is 11.6 Å². The number of halogens is 1. The van der Waals surface area contributed by atoms with Crippen LogP contribution in [0.3, 0.4) is 0 Å². The van der Waals surface area contributed by atoms with Crippen LogP contribution in [0.15, 0.2) is 36.8 Å². The number of carbonyl (C=O) groups is 1. The van der Waals surface area contributed by atoms with Crippen molar-refractivity contribution in [1.29, 1.82) is 0 Å². The average Bonchev–Trinajstić information content (AvgIpc) is 2.30. The molecule has 80 valence electrons. The van der Waals surface area contributed by atoms with Crippen LogP contribution in [0, 0.1) is 0 Å². The lowest BCUT2D eigenvalue weighted by Gasteiger charge is -2.03. The van der Waals surface area contributed by atoms with Gasteiger partial charge in [-0.3, -0.25) is 9.78 Å². The number of carbonyl (C=O) groups excluding carboxylic acids is 1. The Bertz CT molecular complexity index is 503. The van der Waals surface area contributed by atoms with Crippen LogP contribution >= 0.6 is 11.6 Å². The number of rotatable bonds is 2. The molecule has 2 aromatic rings. The van der Waals surface area contributed by atoms with E-state index in [0.717, 1.165) is 0 Å². The monoisotopic (exact) mass is 234 g/mol. The second kappa shape index (κ2) is 4.67. The molecule has 0 aliphatic rings. The Morgan fingerprint density at radius 1 is 1.31 bits per heavy atom. The largest absolute Gasteiger partial charge is 0.306 e. The Morgan fingerprint density at radius 3 is 2.88 bits per heavy atom. The number of nitrogens with one attached hydrogen (secondary N) is 1. The van der Waals surface area contributed by atoms with Crippen LogP contribution in [-0.4, -0.2) is 20.9 Å². The van der Waals surface area contributed by atoms with E-state index in [-0.39, 0.29) is 11.2 Å². The van der Waals surface area contributed by atoms with Gasteiger partial charge < -0.3 is 5.32 Å². The zero-order valence-corrected chi connectivity index (χ0v) is 8.85. The first kappa shape index (κ1) is 10.5. The summed E-state index contributed by atoms with van der Waals surface area (Å²) in [5, 5.41) is 2.67. The average molecular weight is 235 g/mol. The van der Waals surface area contributed by atoms with Gasteiger partial charge in [0, 0.05) is 18.6 Å². The van der Waals surface area contributed by atoms with Crippen molar-refractivity contribution in [3.63, 3.8) is 0 Å². The van der Waals surface area contributed by atoms with Gasteiger partial charge in [0.25, 0.3) is 5.91 Å². The van der Waals surface area contributed by atoms with Gasteiger partial charge in [0.15, 0.2) is 0 Å². The highest BCUT2D eigenvalue weighted by atomic mass is 35.5. The number of pyridine rings is 1. The van der Waals surface area contributed by atoms with Crippen molar-refractivity contribution in [3.8, 4) is 0 Å². The minimum absolute atomic E-state index is 0.0870. The lowest BCUT2D eigenvalue weighted by Crippen LogP contribution is -2.13. The zero-order valence-electron chi connectivity index (χ0n) is 8.09. The molecule has 0 unspecified atom stereocenters. The zero-order chi connectivity index (χ0) is 11.4. The highest BCUT2D eigenvalue weighted by molar-refractivity contribution is 6.28. The first-order chi connectivity index (χ1) is 7.75. The number of hydrogen-bond donors (Lipinski definition) is 1. The molecule has 1 N–H and O–H groups in total. The van der Waals surface area contributed by atoms with Gasteiger partial charge in [-0.15, -0.1) is 0 Å². The van der Waals surface area contributed by atoms with Crippen LogP contribution in [0.2, 0.25) is 5.28 Å². The molecule has 0 aliphatic heterocycles. The number of aromatic nitrogens is 3. The molecule has 2 heterocycles. The molecule has 16 heavy (non-hydrogen) atoms. The summed E-state index contributed by atoms with van der Waals surface area (Å²) in [6, 6.07) is 4.90. The molecule has 2 rings (SSSR count). The molecule has 6 heteroatoms. The minimum Gasteiger partial charge on any atom is -0.306 e. The molecule has 0 radical (unpaired) electrons. The van der Waals surface area contributed by atoms with Gasteiger partial charge in [0.2, 0.25) is 5.28 Å². The fourth-order valence-corrected chi connectivity index (χ4v) is 1.24. The number of hydrogen-bond acceptors (Lipinski definition) is 4. The van der Waals surface area contributed by atoms with Crippen LogP contribution in [0.4, 0.5) is 5.82 Å². The van der Waals surface area contributed by atoms with Crippen LogP contribution in [0.1, 0.15) is 10.4 Å².